The summed E-state index contributed by atoms with van der Waals surface area (Å²) < 4.78 is 10.1. The summed E-state index contributed by atoms with van der Waals surface area (Å²) in [6.45, 7) is 3.73. The summed E-state index contributed by atoms with van der Waals surface area (Å²) in [7, 11) is 7.78. The van der Waals surface area contributed by atoms with E-state index in [0.717, 1.165) is 59.4 Å². The predicted octanol–water partition coefficient (Wildman–Crippen LogP) is 4.86. The zero-order valence-electron chi connectivity index (χ0n) is 22.6. The van der Waals surface area contributed by atoms with Crippen molar-refractivity contribution < 1.29 is 9.53 Å². The fraction of sp³-hybridized carbons (Fsp3) is 0.483. The minimum atomic E-state index is -0.109. The number of carbonyl (C=O) groups excluding carboxylic acids is 1. The molecular formula is C29H38N6O2. The molecule has 1 amide bonds. The Kier molecular flexibility index (Phi) is 7.20. The van der Waals surface area contributed by atoms with Gasteiger partial charge in [-0.15, -0.1) is 0 Å². The van der Waals surface area contributed by atoms with Crippen LogP contribution >= 0.6 is 0 Å². The van der Waals surface area contributed by atoms with E-state index in [-0.39, 0.29) is 5.91 Å². The molecule has 0 aliphatic heterocycles. The van der Waals surface area contributed by atoms with Crippen LogP contribution in [-0.2, 0) is 13.6 Å². The van der Waals surface area contributed by atoms with Crippen LogP contribution in [0.5, 0.6) is 5.75 Å². The van der Waals surface area contributed by atoms with Gasteiger partial charge in [0.05, 0.1) is 18.3 Å². The molecule has 3 heterocycles. The van der Waals surface area contributed by atoms with Gasteiger partial charge in [-0.2, -0.15) is 0 Å². The molecule has 1 aliphatic carbocycles. The molecule has 8 nitrogen and oxygen atoms in total. The summed E-state index contributed by atoms with van der Waals surface area (Å²) in [4.78, 5) is 25.1. The molecule has 0 saturated heterocycles. The molecule has 3 aromatic heterocycles. The minimum absolute atomic E-state index is 0.109. The Bertz CT molecular complexity index is 1420. The zero-order valence-corrected chi connectivity index (χ0v) is 22.6. The van der Waals surface area contributed by atoms with E-state index in [1.165, 1.54) is 12.8 Å². The van der Waals surface area contributed by atoms with Crippen molar-refractivity contribution in [3.05, 3.63) is 42.1 Å². The normalized spacial score (nSPS) is 14.5. The Hall–Kier alpha value is -3.39. The van der Waals surface area contributed by atoms with Crippen LogP contribution in [0.4, 0.5) is 0 Å². The van der Waals surface area contributed by atoms with E-state index in [1.807, 2.05) is 31.4 Å². The first kappa shape index (κ1) is 25.3. The van der Waals surface area contributed by atoms with Crippen molar-refractivity contribution in [3.63, 3.8) is 0 Å². The molecule has 1 N–H and O–H groups in total. The van der Waals surface area contributed by atoms with Gasteiger partial charge in [0.1, 0.15) is 16.9 Å². The Balaban J connectivity index is 1.50. The first-order chi connectivity index (χ1) is 17.9. The lowest BCUT2D eigenvalue weighted by atomic mass is 10.1. The topological polar surface area (TPSA) is 77.2 Å². The van der Waals surface area contributed by atoms with Crippen molar-refractivity contribution in [1.82, 2.24) is 29.3 Å². The number of aromatic nitrogens is 4. The molecule has 196 valence electrons. The smallest absolute Gasteiger partial charge is 0.251 e. The van der Waals surface area contributed by atoms with Gasteiger partial charge < -0.3 is 24.1 Å². The molecule has 0 unspecified atom stereocenters. The second kappa shape index (κ2) is 10.5. The molecule has 5 rings (SSSR count). The zero-order chi connectivity index (χ0) is 26.1. The van der Waals surface area contributed by atoms with Gasteiger partial charge in [0.2, 0.25) is 0 Å². The highest BCUT2D eigenvalue weighted by molar-refractivity contribution is 6.00. The monoisotopic (exact) mass is 502 g/mol. The van der Waals surface area contributed by atoms with Crippen molar-refractivity contribution in [1.29, 1.82) is 0 Å². The molecule has 0 spiro atoms. The standard InChI is InChI=1S/C29H38N6O2/c1-6-7-10-22(33(2)3)17-31-29(36)21-14-23-26(25(16-21)37-5)34(4)28(32-23)24-15-20-9-8-13-30-27(20)35(24)18-19-11-12-19/h8-9,13-16,19,22H,6-7,10-12,17-18H2,1-5H3,(H,31,36)/t22-/m1/s1. The first-order valence-electron chi connectivity index (χ1n) is 13.3. The van der Waals surface area contributed by atoms with Crippen LogP contribution in [0, 0.1) is 5.92 Å². The number of amides is 1. The number of imidazole rings is 1. The number of nitrogens with zero attached hydrogens (tertiary/aromatic N) is 5. The van der Waals surface area contributed by atoms with Gasteiger partial charge in [-0.3, -0.25) is 4.79 Å². The van der Waals surface area contributed by atoms with E-state index in [0.29, 0.717) is 29.8 Å². The molecule has 4 aromatic rings. The van der Waals surface area contributed by atoms with Crippen molar-refractivity contribution in [2.45, 2.75) is 51.6 Å². The van der Waals surface area contributed by atoms with E-state index in [2.05, 4.69) is 57.5 Å². The number of aryl methyl sites for hydroxylation is 1. The molecule has 1 aromatic carbocycles. The Morgan fingerprint density at radius 1 is 1.27 bits per heavy atom. The first-order valence-corrected chi connectivity index (χ1v) is 13.3. The molecule has 8 heteroatoms. The fourth-order valence-electron chi connectivity index (χ4n) is 5.14. The molecule has 1 saturated carbocycles. The van der Waals surface area contributed by atoms with Crippen molar-refractivity contribution in [2.75, 3.05) is 27.7 Å². The summed E-state index contributed by atoms with van der Waals surface area (Å²) in [6, 6.07) is 10.2. The highest BCUT2D eigenvalue weighted by Gasteiger charge is 2.26. The maximum absolute atomic E-state index is 13.2. The number of hydrogen-bond acceptors (Lipinski definition) is 5. The van der Waals surface area contributed by atoms with Crippen LogP contribution < -0.4 is 10.1 Å². The molecule has 1 aliphatic rings. The van der Waals surface area contributed by atoms with E-state index < -0.39 is 0 Å². The van der Waals surface area contributed by atoms with Crippen molar-refractivity contribution in [3.8, 4) is 17.3 Å². The Morgan fingerprint density at radius 2 is 2.08 bits per heavy atom. The van der Waals surface area contributed by atoms with E-state index in [4.69, 9.17) is 9.72 Å². The highest BCUT2D eigenvalue weighted by atomic mass is 16.5. The van der Waals surface area contributed by atoms with Gasteiger partial charge in [-0.25, -0.2) is 9.97 Å². The largest absolute Gasteiger partial charge is 0.494 e. The van der Waals surface area contributed by atoms with E-state index >= 15 is 0 Å². The average Bonchev–Trinajstić information content (AvgIpc) is 3.56. The van der Waals surface area contributed by atoms with E-state index in [9.17, 15) is 4.79 Å². The number of fused-ring (bicyclic) bond motifs is 2. The van der Waals surface area contributed by atoms with Gasteiger partial charge in [0, 0.05) is 43.3 Å². The van der Waals surface area contributed by atoms with Gasteiger partial charge >= 0.3 is 0 Å². The second-order valence-electron chi connectivity index (χ2n) is 10.5. The SMILES string of the molecule is CCCC[C@H](CNC(=O)c1cc(OC)c2c(c1)nc(-c1cc3cccnc3n1CC1CC1)n2C)N(C)C. The lowest BCUT2D eigenvalue weighted by Crippen LogP contribution is -2.40. The summed E-state index contributed by atoms with van der Waals surface area (Å²) in [5, 5.41) is 4.24. The van der Waals surface area contributed by atoms with Crippen molar-refractivity contribution >= 4 is 28.0 Å². The van der Waals surface area contributed by atoms with Crippen LogP contribution in [0.25, 0.3) is 33.6 Å². The maximum atomic E-state index is 13.2. The summed E-state index contributed by atoms with van der Waals surface area (Å²) >= 11 is 0. The van der Waals surface area contributed by atoms with Gasteiger partial charge in [0.25, 0.3) is 5.91 Å². The molecule has 1 atom stereocenters. The molecular weight excluding hydrogens is 464 g/mol. The van der Waals surface area contributed by atoms with Gasteiger partial charge in [-0.1, -0.05) is 19.8 Å². The second-order valence-corrected chi connectivity index (χ2v) is 10.5. The van der Waals surface area contributed by atoms with Crippen LogP contribution in [0.1, 0.15) is 49.4 Å². The number of pyridine rings is 1. The number of benzene rings is 1. The lowest BCUT2D eigenvalue weighted by molar-refractivity contribution is 0.0940. The Labute approximate surface area is 218 Å². The number of rotatable bonds is 11. The third kappa shape index (κ3) is 5.07. The summed E-state index contributed by atoms with van der Waals surface area (Å²) in [5.41, 5.74) is 4.20. The molecule has 0 radical (unpaired) electrons. The van der Waals surface area contributed by atoms with Crippen LogP contribution in [0.2, 0.25) is 0 Å². The van der Waals surface area contributed by atoms with Crippen LogP contribution in [-0.4, -0.2) is 63.7 Å². The van der Waals surface area contributed by atoms with Gasteiger partial charge in [-0.05, 0) is 69.6 Å². The van der Waals surface area contributed by atoms with Crippen molar-refractivity contribution in [2.24, 2.45) is 13.0 Å². The van der Waals surface area contributed by atoms with Crippen LogP contribution in [0.3, 0.4) is 0 Å². The number of methoxy groups -OCH3 is 1. The third-order valence-electron chi connectivity index (χ3n) is 7.56. The van der Waals surface area contributed by atoms with Gasteiger partial charge in [0.15, 0.2) is 5.82 Å². The number of unbranched alkanes of at least 4 members (excludes halogenated alkanes) is 1. The molecule has 0 bridgehead atoms. The number of nitrogens with one attached hydrogen (secondary N) is 1. The van der Waals surface area contributed by atoms with Crippen LogP contribution in [0.15, 0.2) is 36.5 Å². The summed E-state index contributed by atoms with van der Waals surface area (Å²) in [5.74, 6) is 2.07. The fourth-order valence-corrected chi connectivity index (χ4v) is 5.14. The molecule has 1 fully saturated rings. The minimum Gasteiger partial charge on any atom is -0.494 e. The average molecular weight is 503 g/mol. The number of hydrogen-bond donors (Lipinski definition) is 1. The number of carbonyl (C=O) groups is 1. The Morgan fingerprint density at radius 3 is 2.78 bits per heavy atom. The quantitative estimate of drug-likeness (QED) is 0.317. The lowest BCUT2D eigenvalue weighted by Gasteiger charge is -2.24. The highest BCUT2D eigenvalue weighted by Crippen LogP contribution is 2.37. The predicted molar refractivity (Wildman–Crippen MR) is 148 cm³/mol. The summed E-state index contributed by atoms with van der Waals surface area (Å²) in [6.07, 6.45) is 7.70. The number of likely N-dealkylation sites (N-methyl/N-ethyl adjacent to an activating group) is 1. The number of ether oxygens (including phenoxy) is 1. The third-order valence-corrected chi connectivity index (χ3v) is 7.56. The maximum Gasteiger partial charge on any atom is 0.251 e. The molecule has 37 heavy (non-hydrogen) atoms. The van der Waals surface area contributed by atoms with E-state index in [1.54, 1.807) is 7.11 Å².